The second-order valence-electron chi connectivity index (χ2n) is 6.80. The number of aromatic nitrogens is 2. The SMILES string of the molecule is O=C(Cc1ccccc1)NCC1OCCc2cn(Cc3ccccc3)nc21. The third-order valence-electron chi connectivity index (χ3n) is 4.74. The van der Waals surface area contributed by atoms with Crippen molar-refractivity contribution in [1.29, 1.82) is 0 Å². The highest BCUT2D eigenvalue weighted by Crippen LogP contribution is 2.25. The van der Waals surface area contributed by atoms with Crippen molar-refractivity contribution in [3.8, 4) is 0 Å². The fourth-order valence-corrected chi connectivity index (χ4v) is 3.39. The summed E-state index contributed by atoms with van der Waals surface area (Å²) < 4.78 is 7.84. The molecule has 0 bridgehead atoms. The van der Waals surface area contributed by atoms with Crippen molar-refractivity contribution in [2.24, 2.45) is 0 Å². The molecule has 1 atom stereocenters. The predicted molar refractivity (Wildman–Crippen MR) is 103 cm³/mol. The fraction of sp³-hybridized carbons (Fsp3) is 0.273. The molecule has 5 heteroatoms. The number of carbonyl (C=O) groups is 1. The number of nitrogens with one attached hydrogen (secondary N) is 1. The number of ether oxygens (including phenoxy) is 1. The van der Waals surface area contributed by atoms with Crippen LogP contribution in [0.4, 0.5) is 0 Å². The second kappa shape index (κ2) is 8.18. The van der Waals surface area contributed by atoms with Gasteiger partial charge in [-0.2, -0.15) is 5.10 Å². The highest BCUT2D eigenvalue weighted by molar-refractivity contribution is 5.78. The summed E-state index contributed by atoms with van der Waals surface area (Å²) in [4.78, 5) is 12.2. The molecule has 0 saturated carbocycles. The van der Waals surface area contributed by atoms with Gasteiger partial charge in [0.15, 0.2) is 0 Å². The van der Waals surface area contributed by atoms with E-state index in [1.807, 2.05) is 53.2 Å². The first-order valence-electron chi connectivity index (χ1n) is 9.30. The van der Waals surface area contributed by atoms with E-state index in [2.05, 4.69) is 23.6 Å². The van der Waals surface area contributed by atoms with Gasteiger partial charge in [0.05, 0.1) is 25.3 Å². The van der Waals surface area contributed by atoms with Crippen LogP contribution >= 0.6 is 0 Å². The van der Waals surface area contributed by atoms with E-state index < -0.39 is 0 Å². The fourth-order valence-electron chi connectivity index (χ4n) is 3.39. The number of rotatable bonds is 6. The van der Waals surface area contributed by atoms with Crippen molar-refractivity contribution in [2.75, 3.05) is 13.2 Å². The van der Waals surface area contributed by atoms with E-state index in [-0.39, 0.29) is 12.0 Å². The number of nitrogens with zero attached hydrogens (tertiary/aromatic N) is 2. The van der Waals surface area contributed by atoms with Gasteiger partial charge in [0.25, 0.3) is 0 Å². The summed E-state index contributed by atoms with van der Waals surface area (Å²) in [5, 5.41) is 7.72. The van der Waals surface area contributed by atoms with Gasteiger partial charge in [-0.1, -0.05) is 60.7 Å². The van der Waals surface area contributed by atoms with E-state index in [1.165, 1.54) is 11.1 Å². The average Bonchev–Trinajstić information content (AvgIpc) is 3.11. The number of hydrogen-bond acceptors (Lipinski definition) is 3. The zero-order valence-electron chi connectivity index (χ0n) is 15.2. The number of hydrogen-bond donors (Lipinski definition) is 1. The lowest BCUT2D eigenvalue weighted by Gasteiger charge is -2.22. The van der Waals surface area contributed by atoms with E-state index in [0.717, 1.165) is 24.2 Å². The van der Waals surface area contributed by atoms with E-state index in [0.29, 0.717) is 19.6 Å². The van der Waals surface area contributed by atoms with Crippen molar-refractivity contribution in [1.82, 2.24) is 15.1 Å². The van der Waals surface area contributed by atoms with Crippen LogP contribution in [0.1, 0.15) is 28.5 Å². The summed E-state index contributed by atoms with van der Waals surface area (Å²) in [7, 11) is 0. The van der Waals surface area contributed by atoms with E-state index in [9.17, 15) is 4.79 Å². The van der Waals surface area contributed by atoms with Gasteiger partial charge in [0, 0.05) is 12.7 Å². The molecule has 0 spiro atoms. The lowest BCUT2D eigenvalue weighted by molar-refractivity contribution is -0.121. The molecule has 0 radical (unpaired) electrons. The molecule has 1 aromatic heterocycles. The van der Waals surface area contributed by atoms with Crippen molar-refractivity contribution in [3.05, 3.63) is 89.2 Å². The van der Waals surface area contributed by atoms with Crippen molar-refractivity contribution in [3.63, 3.8) is 0 Å². The molecular formula is C22H23N3O2. The Morgan fingerprint density at radius 1 is 1.07 bits per heavy atom. The summed E-state index contributed by atoms with van der Waals surface area (Å²) in [6, 6.07) is 20.0. The van der Waals surface area contributed by atoms with Gasteiger partial charge in [0.1, 0.15) is 6.10 Å². The number of fused-ring (bicyclic) bond motifs is 1. The molecule has 27 heavy (non-hydrogen) atoms. The van der Waals surface area contributed by atoms with Crippen molar-refractivity contribution in [2.45, 2.75) is 25.5 Å². The Balaban J connectivity index is 1.38. The van der Waals surface area contributed by atoms with Gasteiger partial charge >= 0.3 is 0 Å². The summed E-state index contributed by atoms with van der Waals surface area (Å²) in [5.41, 5.74) is 4.37. The van der Waals surface area contributed by atoms with Crippen LogP contribution in [0.25, 0.3) is 0 Å². The molecule has 0 saturated heterocycles. The summed E-state index contributed by atoms with van der Waals surface area (Å²) in [6.07, 6.45) is 3.15. The van der Waals surface area contributed by atoms with E-state index in [4.69, 9.17) is 9.84 Å². The number of benzene rings is 2. The summed E-state index contributed by atoms with van der Waals surface area (Å²) in [6.45, 7) is 1.84. The van der Waals surface area contributed by atoms with Gasteiger partial charge in [-0.3, -0.25) is 9.48 Å². The van der Waals surface area contributed by atoms with E-state index in [1.54, 1.807) is 0 Å². The van der Waals surface area contributed by atoms with Crippen molar-refractivity contribution < 1.29 is 9.53 Å². The van der Waals surface area contributed by atoms with Gasteiger partial charge in [0.2, 0.25) is 5.91 Å². The van der Waals surface area contributed by atoms with Crippen molar-refractivity contribution >= 4 is 5.91 Å². The van der Waals surface area contributed by atoms with Crippen LogP contribution in [0.5, 0.6) is 0 Å². The Kier molecular flexibility index (Phi) is 5.30. The van der Waals surface area contributed by atoms with Crippen LogP contribution in [-0.4, -0.2) is 28.8 Å². The molecule has 1 aliphatic heterocycles. The van der Waals surface area contributed by atoms with Crippen LogP contribution in [0.3, 0.4) is 0 Å². The highest BCUT2D eigenvalue weighted by atomic mass is 16.5. The van der Waals surface area contributed by atoms with Gasteiger partial charge in [-0.25, -0.2) is 0 Å². The first-order chi connectivity index (χ1) is 13.3. The Labute approximate surface area is 159 Å². The smallest absolute Gasteiger partial charge is 0.224 e. The molecule has 1 unspecified atom stereocenters. The topological polar surface area (TPSA) is 56.1 Å². The van der Waals surface area contributed by atoms with Gasteiger partial charge < -0.3 is 10.1 Å². The zero-order valence-corrected chi connectivity index (χ0v) is 15.2. The molecule has 2 aromatic carbocycles. The molecule has 0 fully saturated rings. The third kappa shape index (κ3) is 4.44. The third-order valence-corrected chi connectivity index (χ3v) is 4.74. The summed E-state index contributed by atoms with van der Waals surface area (Å²) >= 11 is 0. The maximum absolute atomic E-state index is 12.2. The predicted octanol–water partition coefficient (Wildman–Crippen LogP) is 2.90. The maximum Gasteiger partial charge on any atom is 0.224 e. The minimum Gasteiger partial charge on any atom is -0.370 e. The van der Waals surface area contributed by atoms with Gasteiger partial charge in [-0.05, 0) is 23.1 Å². The zero-order chi connectivity index (χ0) is 18.5. The first kappa shape index (κ1) is 17.5. The monoisotopic (exact) mass is 361 g/mol. The normalized spacial score (nSPS) is 15.9. The minimum absolute atomic E-state index is 0.000594. The first-order valence-corrected chi connectivity index (χ1v) is 9.30. The summed E-state index contributed by atoms with van der Waals surface area (Å²) in [5.74, 6) is 0.000594. The molecule has 2 heterocycles. The van der Waals surface area contributed by atoms with Crippen LogP contribution in [0, 0.1) is 0 Å². The molecule has 1 aliphatic rings. The van der Waals surface area contributed by atoms with E-state index >= 15 is 0 Å². The molecular weight excluding hydrogens is 338 g/mol. The minimum atomic E-state index is -0.189. The van der Waals surface area contributed by atoms with Crippen LogP contribution < -0.4 is 5.32 Å². The molecule has 3 aromatic rings. The largest absolute Gasteiger partial charge is 0.370 e. The maximum atomic E-state index is 12.2. The lowest BCUT2D eigenvalue weighted by Crippen LogP contribution is -2.32. The Morgan fingerprint density at radius 3 is 2.52 bits per heavy atom. The Bertz CT molecular complexity index is 890. The quantitative estimate of drug-likeness (QED) is 0.734. The molecule has 138 valence electrons. The number of amides is 1. The lowest BCUT2D eigenvalue weighted by atomic mass is 10.1. The molecule has 1 N–H and O–H groups in total. The Hall–Kier alpha value is -2.92. The average molecular weight is 361 g/mol. The van der Waals surface area contributed by atoms with Gasteiger partial charge in [-0.15, -0.1) is 0 Å². The van der Waals surface area contributed by atoms with Crippen LogP contribution in [-0.2, 0) is 28.9 Å². The number of carbonyl (C=O) groups excluding carboxylic acids is 1. The molecule has 1 amide bonds. The molecule has 5 nitrogen and oxygen atoms in total. The standard InChI is InChI=1S/C22H23N3O2/c26-21(13-17-7-3-1-4-8-17)23-14-20-22-19(11-12-27-20)16-25(24-22)15-18-9-5-2-6-10-18/h1-10,16,20H,11-15H2,(H,23,26). The Morgan fingerprint density at radius 2 is 1.78 bits per heavy atom. The van der Waals surface area contributed by atoms with Crippen LogP contribution in [0.15, 0.2) is 66.9 Å². The molecule has 0 aliphatic carbocycles. The van der Waals surface area contributed by atoms with Crippen LogP contribution in [0.2, 0.25) is 0 Å². The highest BCUT2D eigenvalue weighted by Gasteiger charge is 2.25. The second-order valence-corrected chi connectivity index (χ2v) is 6.80. The molecule has 4 rings (SSSR count).